The summed E-state index contributed by atoms with van der Waals surface area (Å²) < 4.78 is 35.6. The smallest absolute Gasteiger partial charge is 0.338 e. The van der Waals surface area contributed by atoms with E-state index in [9.17, 15) is 13.2 Å². The highest BCUT2D eigenvalue weighted by atomic mass is 32.2. The number of carbonyl (C=O) groups excluding carboxylic acids is 1. The molecule has 0 saturated heterocycles. The van der Waals surface area contributed by atoms with Crippen LogP contribution >= 0.6 is 0 Å². The number of rotatable bonds is 10. The van der Waals surface area contributed by atoms with E-state index in [1.54, 1.807) is 42.5 Å². The van der Waals surface area contributed by atoms with Gasteiger partial charge in [0.25, 0.3) is 0 Å². The Balaban J connectivity index is 2.06. The SMILES string of the molecule is CCCCS(=O)(=O)CC(COc1ccccc1)OC(=O)c1ccccc1. The normalized spacial score (nSPS) is 12.3. The molecule has 0 aliphatic carbocycles. The lowest BCUT2D eigenvalue weighted by Crippen LogP contribution is -2.33. The second-order valence-corrected chi connectivity index (χ2v) is 8.21. The summed E-state index contributed by atoms with van der Waals surface area (Å²) >= 11 is 0. The van der Waals surface area contributed by atoms with E-state index in [2.05, 4.69) is 0 Å². The zero-order chi connectivity index (χ0) is 18.8. The second-order valence-electron chi connectivity index (χ2n) is 5.99. The number of ether oxygens (including phenoxy) is 2. The van der Waals surface area contributed by atoms with Gasteiger partial charge >= 0.3 is 5.97 Å². The molecule has 0 aromatic heterocycles. The molecule has 1 atom stereocenters. The van der Waals surface area contributed by atoms with Crippen molar-refractivity contribution in [3.63, 3.8) is 0 Å². The Labute approximate surface area is 154 Å². The van der Waals surface area contributed by atoms with Crippen molar-refractivity contribution in [1.82, 2.24) is 0 Å². The predicted molar refractivity (Wildman–Crippen MR) is 101 cm³/mol. The lowest BCUT2D eigenvalue weighted by molar-refractivity contribution is 0.0237. The van der Waals surface area contributed by atoms with Crippen molar-refractivity contribution in [3.05, 3.63) is 66.2 Å². The van der Waals surface area contributed by atoms with Crippen molar-refractivity contribution in [2.24, 2.45) is 0 Å². The van der Waals surface area contributed by atoms with Crippen LogP contribution in [0.1, 0.15) is 30.1 Å². The summed E-state index contributed by atoms with van der Waals surface area (Å²) in [5.41, 5.74) is 0.378. The van der Waals surface area contributed by atoms with Gasteiger partial charge in [-0.2, -0.15) is 0 Å². The Morgan fingerprint density at radius 2 is 1.62 bits per heavy atom. The maximum Gasteiger partial charge on any atom is 0.338 e. The molecule has 0 amide bonds. The summed E-state index contributed by atoms with van der Waals surface area (Å²) in [5, 5.41) is 0. The van der Waals surface area contributed by atoms with E-state index in [0.29, 0.717) is 17.7 Å². The van der Waals surface area contributed by atoms with Gasteiger partial charge in [-0.15, -0.1) is 0 Å². The van der Waals surface area contributed by atoms with Crippen LogP contribution in [0.2, 0.25) is 0 Å². The molecule has 0 fully saturated rings. The molecule has 0 spiro atoms. The number of carbonyl (C=O) groups is 1. The molecule has 5 nitrogen and oxygen atoms in total. The highest BCUT2D eigenvalue weighted by molar-refractivity contribution is 7.91. The third-order valence-electron chi connectivity index (χ3n) is 3.71. The summed E-state index contributed by atoms with van der Waals surface area (Å²) in [4.78, 5) is 12.3. The number of unbranched alkanes of at least 4 members (excludes halogenated alkanes) is 1. The highest BCUT2D eigenvalue weighted by Gasteiger charge is 2.24. The van der Waals surface area contributed by atoms with E-state index < -0.39 is 21.9 Å². The molecule has 140 valence electrons. The Morgan fingerprint density at radius 3 is 2.23 bits per heavy atom. The van der Waals surface area contributed by atoms with Crippen molar-refractivity contribution in [2.75, 3.05) is 18.1 Å². The molecule has 0 aliphatic heterocycles. The molecule has 26 heavy (non-hydrogen) atoms. The van der Waals surface area contributed by atoms with Crippen molar-refractivity contribution >= 4 is 15.8 Å². The fourth-order valence-corrected chi connectivity index (χ4v) is 3.97. The first-order chi connectivity index (χ1) is 12.5. The van der Waals surface area contributed by atoms with Gasteiger partial charge in [0.1, 0.15) is 18.5 Å². The Hall–Kier alpha value is -2.34. The zero-order valence-corrected chi connectivity index (χ0v) is 15.7. The van der Waals surface area contributed by atoms with Crippen LogP contribution in [0.3, 0.4) is 0 Å². The zero-order valence-electron chi connectivity index (χ0n) is 14.8. The molecule has 0 aliphatic rings. The van der Waals surface area contributed by atoms with Crippen LogP contribution in [0.25, 0.3) is 0 Å². The first-order valence-electron chi connectivity index (χ1n) is 8.64. The second kappa shape index (κ2) is 9.97. The molecule has 0 N–H and O–H groups in total. The minimum Gasteiger partial charge on any atom is -0.490 e. The maximum absolute atomic E-state index is 12.3. The van der Waals surface area contributed by atoms with E-state index in [0.717, 1.165) is 6.42 Å². The van der Waals surface area contributed by atoms with Crippen LogP contribution < -0.4 is 4.74 Å². The summed E-state index contributed by atoms with van der Waals surface area (Å²) in [6.07, 6.45) is 0.500. The number of hydrogen-bond acceptors (Lipinski definition) is 5. The number of hydrogen-bond donors (Lipinski definition) is 0. The van der Waals surface area contributed by atoms with E-state index in [1.807, 2.05) is 25.1 Å². The van der Waals surface area contributed by atoms with Crippen LogP contribution in [0.15, 0.2) is 60.7 Å². The molecule has 2 aromatic carbocycles. The van der Waals surface area contributed by atoms with Gasteiger partial charge in [-0.3, -0.25) is 0 Å². The van der Waals surface area contributed by atoms with Crippen molar-refractivity contribution < 1.29 is 22.7 Å². The Kier molecular flexibility index (Phi) is 7.66. The van der Waals surface area contributed by atoms with E-state index in [-0.39, 0.29) is 18.1 Å². The summed E-state index contributed by atoms with van der Waals surface area (Å²) in [7, 11) is -3.33. The predicted octanol–water partition coefficient (Wildman–Crippen LogP) is 3.51. The first kappa shape index (κ1) is 20.0. The molecule has 2 aromatic rings. The van der Waals surface area contributed by atoms with Crippen LogP contribution in [-0.2, 0) is 14.6 Å². The van der Waals surface area contributed by atoms with Crippen LogP contribution in [0.4, 0.5) is 0 Å². The summed E-state index contributed by atoms with van der Waals surface area (Å²) in [6, 6.07) is 17.5. The molecule has 0 saturated carbocycles. The highest BCUT2D eigenvalue weighted by Crippen LogP contribution is 2.12. The Morgan fingerprint density at radius 1 is 1.00 bits per heavy atom. The van der Waals surface area contributed by atoms with Crippen LogP contribution in [-0.4, -0.2) is 38.6 Å². The molecule has 6 heteroatoms. The van der Waals surface area contributed by atoms with E-state index in [4.69, 9.17) is 9.47 Å². The minimum atomic E-state index is -3.33. The minimum absolute atomic E-state index is 0.0199. The quantitative estimate of drug-likeness (QED) is 0.594. The van der Waals surface area contributed by atoms with Gasteiger partial charge in [-0.05, 0) is 30.7 Å². The van der Waals surface area contributed by atoms with Gasteiger partial charge in [-0.25, -0.2) is 13.2 Å². The van der Waals surface area contributed by atoms with Crippen molar-refractivity contribution in [2.45, 2.75) is 25.9 Å². The standard InChI is InChI=1S/C20H24O5S/c1-2-3-14-26(22,23)16-19(15-24-18-12-8-5-9-13-18)25-20(21)17-10-6-4-7-11-17/h4-13,19H,2-3,14-16H2,1H3. The molecule has 0 radical (unpaired) electrons. The molecular formula is C20H24O5S. The monoisotopic (exact) mass is 376 g/mol. The van der Waals surface area contributed by atoms with Crippen molar-refractivity contribution in [3.8, 4) is 5.75 Å². The van der Waals surface area contributed by atoms with E-state index in [1.165, 1.54) is 0 Å². The average molecular weight is 376 g/mol. The first-order valence-corrected chi connectivity index (χ1v) is 10.5. The topological polar surface area (TPSA) is 69.7 Å². The molecule has 2 rings (SSSR count). The number of esters is 1. The van der Waals surface area contributed by atoms with E-state index >= 15 is 0 Å². The average Bonchev–Trinajstić information content (AvgIpc) is 2.66. The number of sulfone groups is 1. The molecular weight excluding hydrogens is 352 g/mol. The fraction of sp³-hybridized carbons (Fsp3) is 0.350. The van der Waals surface area contributed by atoms with Gasteiger partial charge in [0.15, 0.2) is 9.84 Å². The van der Waals surface area contributed by atoms with Crippen molar-refractivity contribution in [1.29, 1.82) is 0 Å². The maximum atomic E-state index is 12.3. The third kappa shape index (κ3) is 6.88. The van der Waals surface area contributed by atoms with Gasteiger partial charge in [0, 0.05) is 0 Å². The van der Waals surface area contributed by atoms with Crippen LogP contribution in [0, 0.1) is 0 Å². The third-order valence-corrected chi connectivity index (χ3v) is 5.50. The summed E-state index contributed by atoms with van der Waals surface area (Å²) in [6.45, 7) is 1.91. The lowest BCUT2D eigenvalue weighted by Gasteiger charge is -2.19. The largest absolute Gasteiger partial charge is 0.490 e. The van der Waals surface area contributed by atoms with Gasteiger partial charge in [0.2, 0.25) is 0 Å². The van der Waals surface area contributed by atoms with Crippen LogP contribution in [0.5, 0.6) is 5.75 Å². The number of para-hydroxylation sites is 1. The molecule has 1 unspecified atom stereocenters. The van der Waals surface area contributed by atoms with Gasteiger partial charge in [0.05, 0.1) is 17.1 Å². The molecule has 0 heterocycles. The lowest BCUT2D eigenvalue weighted by atomic mass is 10.2. The summed E-state index contributed by atoms with van der Waals surface area (Å²) in [5.74, 6) is -0.135. The van der Waals surface area contributed by atoms with Gasteiger partial charge < -0.3 is 9.47 Å². The number of benzene rings is 2. The fourth-order valence-electron chi connectivity index (χ4n) is 2.35. The van der Waals surface area contributed by atoms with Gasteiger partial charge in [-0.1, -0.05) is 49.7 Å². The molecule has 0 bridgehead atoms. The Bertz CT molecular complexity index is 772.